The number of esters is 1. The van der Waals surface area contributed by atoms with Gasteiger partial charge in [0.2, 0.25) is 5.91 Å². The Labute approximate surface area is 184 Å². The first kappa shape index (κ1) is 22.6. The molecule has 1 aliphatic rings. The Hall–Kier alpha value is -3.13. The van der Waals surface area contributed by atoms with Crippen molar-refractivity contribution in [3.63, 3.8) is 0 Å². The Balaban J connectivity index is 1.91. The van der Waals surface area contributed by atoms with Crippen LogP contribution in [0.25, 0.3) is 11.1 Å². The zero-order valence-corrected chi connectivity index (χ0v) is 18.2. The Morgan fingerprint density at radius 1 is 1.06 bits per heavy atom. The van der Waals surface area contributed by atoms with Gasteiger partial charge in [0.15, 0.2) is 0 Å². The van der Waals surface area contributed by atoms with Crippen molar-refractivity contribution in [2.24, 2.45) is 11.8 Å². The minimum absolute atomic E-state index is 0.185. The molecule has 0 saturated heterocycles. The van der Waals surface area contributed by atoms with E-state index in [1.54, 1.807) is 24.5 Å². The minimum atomic E-state index is -1.25. The van der Waals surface area contributed by atoms with E-state index < -0.39 is 29.7 Å². The third-order valence-electron chi connectivity index (χ3n) is 5.06. The van der Waals surface area contributed by atoms with Crippen molar-refractivity contribution in [3.05, 3.63) is 47.4 Å². The number of rotatable bonds is 8. The Bertz CT molecular complexity index is 978. The van der Waals surface area contributed by atoms with Crippen LogP contribution in [0.5, 0.6) is 5.75 Å². The molecule has 164 valence electrons. The van der Waals surface area contributed by atoms with E-state index in [9.17, 15) is 19.5 Å². The number of aliphatic carboxylic acids is 1. The van der Waals surface area contributed by atoms with Crippen LogP contribution >= 0.6 is 11.3 Å². The lowest BCUT2D eigenvalue weighted by atomic mass is 9.82. The smallest absolute Gasteiger partial charge is 0.341 e. The molecule has 0 fully saturated rings. The van der Waals surface area contributed by atoms with E-state index in [-0.39, 0.29) is 18.6 Å². The summed E-state index contributed by atoms with van der Waals surface area (Å²) in [6, 6.07) is 7.28. The number of hydrogen-bond donors (Lipinski definition) is 1. The van der Waals surface area contributed by atoms with Crippen LogP contribution in [0.15, 0.2) is 41.8 Å². The Kier molecular flexibility index (Phi) is 7.46. The van der Waals surface area contributed by atoms with Gasteiger partial charge in [-0.15, -0.1) is 11.3 Å². The molecule has 0 aliphatic heterocycles. The van der Waals surface area contributed by atoms with Gasteiger partial charge in [0, 0.05) is 22.8 Å². The highest BCUT2D eigenvalue weighted by atomic mass is 32.1. The number of thiophene rings is 1. The Morgan fingerprint density at radius 2 is 1.74 bits per heavy atom. The van der Waals surface area contributed by atoms with E-state index in [1.165, 1.54) is 11.3 Å². The van der Waals surface area contributed by atoms with Crippen LogP contribution in [-0.2, 0) is 14.3 Å². The summed E-state index contributed by atoms with van der Waals surface area (Å²) in [5.74, 6) is -3.21. The highest BCUT2D eigenvalue weighted by Crippen LogP contribution is 2.38. The lowest BCUT2D eigenvalue weighted by Crippen LogP contribution is -2.41. The van der Waals surface area contributed by atoms with Crippen molar-refractivity contribution in [1.29, 1.82) is 0 Å². The van der Waals surface area contributed by atoms with E-state index in [0.717, 1.165) is 5.56 Å². The lowest BCUT2D eigenvalue weighted by molar-refractivity contribution is -0.313. The molecule has 2 atom stereocenters. The molecule has 0 bridgehead atoms. The summed E-state index contributed by atoms with van der Waals surface area (Å²) in [5.41, 5.74) is 1.65. The van der Waals surface area contributed by atoms with E-state index in [0.29, 0.717) is 29.3 Å². The van der Waals surface area contributed by atoms with Crippen molar-refractivity contribution in [1.82, 2.24) is 0 Å². The molecule has 1 aromatic heterocycles. The molecule has 1 aliphatic carbocycles. The first-order chi connectivity index (χ1) is 15.0. The Morgan fingerprint density at radius 3 is 2.35 bits per heavy atom. The zero-order chi connectivity index (χ0) is 22.4. The maximum absolute atomic E-state index is 12.9. The number of carbonyl (C=O) groups is 3. The van der Waals surface area contributed by atoms with Gasteiger partial charge < -0.3 is 24.7 Å². The molecule has 7 nitrogen and oxygen atoms in total. The van der Waals surface area contributed by atoms with Crippen LogP contribution in [0.1, 0.15) is 37.0 Å². The molecule has 8 heteroatoms. The first-order valence-electron chi connectivity index (χ1n) is 10.1. The predicted molar refractivity (Wildman–Crippen MR) is 116 cm³/mol. The maximum Gasteiger partial charge on any atom is 0.341 e. The number of ether oxygens (including phenoxy) is 2. The summed E-state index contributed by atoms with van der Waals surface area (Å²) >= 11 is 1.20. The number of allylic oxidation sites excluding steroid dienone is 2. The maximum atomic E-state index is 12.9. The number of anilines is 1. The molecule has 0 saturated carbocycles. The minimum Gasteiger partial charge on any atom is -0.550 e. The van der Waals surface area contributed by atoms with Crippen LogP contribution in [0.3, 0.4) is 0 Å². The highest BCUT2D eigenvalue weighted by molar-refractivity contribution is 7.15. The monoisotopic (exact) mass is 442 g/mol. The molecular weight excluding hydrogens is 418 g/mol. The fourth-order valence-corrected chi connectivity index (χ4v) is 4.50. The molecule has 2 aromatic rings. The first-order valence-corrected chi connectivity index (χ1v) is 11.0. The highest BCUT2D eigenvalue weighted by Gasteiger charge is 2.31. The van der Waals surface area contributed by atoms with Gasteiger partial charge in [-0.05, 0) is 44.4 Å². The fourth-order valence-electron chi connectivity index (χ4n) is 3.53. The van der Waals surface area contributed by atoms with Crippen molar-refractivity contribution in [2.75, 3.05) is 18.5 Å². The molecule has 0 spiro atoms. The summed E-state index contributed by atoms with van der Waals surface area (Å²) in [5, 5.41) is 16.3. The number of carboxylic acid groups (broad SMARTS) is 1. The van der Waals surface area contributed by atoms with Crippen LogP contribution in [0.4, 0.5) is 5.00 Å². The molecule has 2 unspecified atom stereocenters. The van der Waals surface area contributed by atoms with Gasteiger partial charge in [-0.1, -0.05) is 24.3 Å². The van der Waals surface area contributed by atoms with Gasteiger partial charge in [-0.3, -0.25) is 4.79 Å². The fraction of sp³-hybridized carbons (Fsp3) is 0.348. The zero-order valence-electron chi connectivity index (χ0n) is 17.4. The summed E-state index contributed by atoms with van der Waals surface area (Å²) < 4.78 is 10.7. The van der Waals surface area contributed by atoms with Gasteiger partial charge in [0.05, 0.1) is 19.1 Å². The number of amides is 1. The third kappa shape index (κ3) is 5.14. The van der Waals surface area contributed by atoms with Crippen molar-refractivity contribution >= 4 is 34.2 Å². The second-order valence-electron chi connectivity index (χ2n) is 7.00. The third-order valence-corrected chi connectivity index (χ3v) is 5.95. The largest absolute Gasteiger partial charge is 0.550 e. The number of benzene rings is 1. The molecular formula is C23H24NO6S-. The van der Waals surface area contributed by atoms with E-state index >= 15 is 0 Å². The summed E-state index contributed by atoms with van der Waals surface area (Å²) in [7, 11) is 0. The molecule has 31 heavy (non-hydrogen) atoms. The molecule has 1 aromatic carbocycles. The summed E-state index contributed by atoms with van der Waals surface area (Å²) in [6.07, 6.45) is 4.07. The summed E-state index contributed by atoms with van der Waals surface area (Å²) in [6.45, 7) is 4.34. The van der Waals surface area contributed by atoms with Gasteiger partial charge in [-0.25, -0.2) is 4.79 Å². The van der Waals surface area contributed by atoms with Crippen molar-refractivity contribution in [3.8, 4) is 16.9 Å². The average Bonchev–Trinajstić information content (AvgIpc) is 3.18. The van der Waals surface area contributed by atoms with Gasteiger partial charge >= 0.3 is 5.97 Å². The second-order valence-corrected chi connectivity index (χ2v) is 7.88. The van der Waals surface area contributed by atoms with Crippen LogP contribution < -0.4 is 15.2 Å². The predicted octanol–water partition coefficient (Wildman–Crippen LogP) is 3.26. The average molecular weight is 443 g/mol. The van der Waals surface area contributed by atoms with Crippen LogP contribution in [-0.4, -0.2) is 31.1 Å². The second kappa shape index (κ2) is 10.3. The normalized spacial score (nSPS) is 17.7. The van der Waals surface area contributed by atoms with Crippen LogP contribution in [0.2, 0.25) is 0 Å². The molecule has 1 N–H and O–H groups in total. The lowest BCUT2D eigenvalue weighted by Gasteiger charge is -2.28. The molecule has 3 rings (SSSR count). The van der Waals surface area contributed by atoms with Crippen molar-refractivity contribution < 1.29 is 29.0 Å². The van der Waals surface area contributed by atoms with Gasteiger partial charge in [-0.2, -0.15) is 0 Å². The number of nitrogens with one attached hydrogen (secondary N) is 1. The van der Waals surface area contributed by atoms with Crippen LogP contribution in [0, 0.1) is 11.8 Å². The number of hydrogen-bond acceptors (Lipinski definition) is 7. The van der Waals surface area contributed by atoms with E-state index in [1.807, 2.05) is 31.2 Å². The van der Waals surface area contributed by atoms with E-state index in [2.05, 4.69) is 5.32 Å². The van der Waals surface area contributed by atoms with E-state index in [4.69, 9.17) is 9.47 Å². The standard InChI is InChI=1S/C23H25NO6S/c1-3-29-15-11-9-14(10-12-15)18-13-31-21(19(18)23(28)30-4-2)24-20(25)16-7-5-6-8-17(16)22(26)27/h5-6,9-13,16-17H,3-4,7-8H2,1-2H3,(H,24,25)(H,26,27)/p-1. The molecule has 1 amide bonds. The SMILES string of the molecule is CCOC(=O)c1c(-c2ccc(OCC)cc2)csc1NC(=O)C1CC=CCC1C(=O)[O-]. The molecule has 1 heterocycles. The number of carboxylic acids is 1. The van der Waals surface area contributed by atoms with Gasteiger partial charge in [0.1, 0.15) is 16.3 Å². The quantitative estimate of drug-likeness (QED) is 0.497. The molecule has 0 radical (unpaired) electrons. The van der Waals surface area contributed by atoms with Crippen molar-refractivity contribution in [2.45, 2.75) is 26.7 Å². The summed E-state index contributed by atoms with van der Waals surface area (Å²) in [4.78, 5) is 37.0. The number of carbonyl (C=O) groups excluding carboxylic acids is 3. The topological polar surface area (TPSA) is 105 Å². The van der Waals surface area contributed by atoms with Gasteiger partial charge in [0.25, 0.3) is 0 Å².